The summed E-state index contributed by atoms with van der Waals surface area (Å²) in [5, 5.41) is 5.70. The molecule has 1 aliphatic carbocycles. The standard InChI is InChI=1S/C23H26N2O2/c1-24-23(27)20-10-7-17(8-11-20)9-16-22(26)25-21-14-12-19(13-15-21)18-5-3-2-4-6-18/h2-11,16,19,21H,12-15H2,1H3,(H,24,27)(H,25,26)/b16-9+. The predicted octanol–water partition coefficient (Wildman–Crippen LogP) is 3.90. The lowest BCUT2D eigenvalue weighted by Crippen LogP contribution is -2.36. The van der Waals surface area contributed by atoms with Gasteiger partial charge in [-0.2, -0.15) is 0 Å². The van der Waals surface area contributed by atoms with E-state index in [1.807, 2.05) is 18.2 Å². The number of rotatable bonds is 5. The Morgan fingerprint density at radius 1 is 0.926 bits per heavy atom. The molecule has 0 unspecified atom stereocenters. The highest BCUT2D eigenvalue weighted by Gasteiger charge is 2.22. The van der Waals surface area contributed by atoms with E-state index in [1.165, 1.54) is 5.56 Å². The molecule has 0 bridgehead atoms. The molecule has 1 saturated carbocycles. The van der Waals surface area contributed by atoms with Crippen molar-refractivity contribution in [1.82, 2.24) is 10.6 Å². The SMILES string of the molecule is CNC(=O)c1ccc(/C=C/C(=O)NC2CCC(c3ccccc3)CC2)cc1. The van der Waals surface area contributed by atoms with Crippen molar-refractivity contribution in [1.29, 1.82) is 0 Å². The first-order chi connectivity index (χ1) is 13.2. The van der Waals surface area contributed by atoms with E-state index in [2.05, 4.69) is 34.9 Å². The fourth-order valence-electron chi connectivity index (χ4n) is 3.61. The maximum atomic E-state index is 12.2. The van der Waals surface area contributed by atoms with Gasteiger partial charge in [-0.3, -0.25) is 9.59 Å². The van der Waals surface area contributed by atoms with Gasteiger partial charge in [0.15, 0.2) is 0 Å². The molecule has 4 heteroatoms. The van der Waals surface area contributed by atoms with Crippen molar-refractivity contribution in [3.8, 4) is 0 Å². The van der Waals surface area contributed by atoms with Crippen molar-refractivity contribution >= 4 is 17.9 Å². The molecule has 27 heavy (non-hydrogen) atoms. The molecule has 0 spiro atoms. The van der Waals surface area contributed by atoms with E-state index in [0.717, 1.165) is 31.2 Å². The van der Waals surface area contributed by atoms with Crippen molar-refractivity contribution in [3.05, 3.63) is 77.4 Å². The maximum absolute atomic E-state index is 12.2. The highest BCUT2D eigenvalue weighted by Crippen LogP contribution is 2.32. The Morgan fingerprint density at radius 2 is 1.59 bits per heavy atom. The molecule has 2 N–H and O–H groups in total. The first kappa shape index (κ1) is 18.9. The van der Waals surface area contributed by atoms with E-state index in [-0.39, 0.29) is 17.9 Å². The third kappa shape index (κ3) is 5.30. The van der Waals surface area contributed by atoms with Gasteiger partial charge in [0.2, 0.25) is 5.91 Å². The third-order valence-corrected chi connectivity index (χ3v) is 5.17. The van der Waals surface area contributed by atoms with Crippen LogP contribution in [0.25, 0.3) is 6.08 Å². The molecule has 1 fully saturated rings. The third-order valence-electron chi connectivity index (χ3n) is 5.17. The molecule has 1 aliphatic rings. The Bertz CT molecular complexity index is 789. The average molecular weight is 362 g/mol. The lowest BCUT2D eigenvalue weighted by atomic mass is 9.82. The Hall–Kier alpha value is -2.88. The van der Waals surface area contributed by atoms with Crippen LogP contribution in [-0.4, -0.2) is 24.9 Å². The fraction of sp³-hybridized carbons (Fsp3) is 0.304. The minimum absolute atomic E-state index is 0.0615. The molecule has 3 rings (SSSR count). The predicted molar refractivity (Wildman–Crippen MR) is 108 cm³/mol. The van der Waals surface area contributed by atoms with Crippen molar-refractivity contribution in [3.63, 3.8) is 0 Å². The number of hydrogen-bond donors (Lipinski definition) is 2. The molecular weight excluding hydrogens is 336 g/mol. The van der Waals surface area contributed by atoms with E-state index in [9.17, 15) is 9.59 Å². The average Bonchev–Trinajstić information content (AvgIpc) is 2.73. The normalized spacial score (nSPS) is 19.6. The summed E-state index contributed by atoms with van der Waals surface area (Å²) in [6, 6.07) is 18.0. The summed E-state index contributed by atoms with van der Waals surface area (Å²) in [5.74, 6) is 0.427. The monoisotopic (exact) mass is 362 g/mol. The number of carbonyl (C=O) groups excluding carboxylic acids is 2. The van der Waals surface area contributed by atoms with Gasteiger partial charge >= 0.3 is 0 Å². The van der Waals surface area contributed by atoms with E-state index < -0.39 is 0 Å². The summed E-state index contributed by atoms with van der Waals surface area (Å²) >= 11 is 0. The summed E-state index contributed by atoms with van der Waals surface area (Å²) in [5.41, 5.74) is 2.90. The van der Waals surface area contributed by atoms with Gasteiger partial charge in [-0.05, 0) is 60.9 Å². The molecule has 140 valence electrons. The number of nitrogens with one attached hydrogen (secondary N) is 2. The molecule has 2 aromatic carbocycles. The second-order valence-corrected chi connectivity index (χ2v) is 7.00. The molecule has 0 saturated heterocycles. The molecule has 0 radical (unpaired) electrons. The molecular formula is C23H26N2O2. The molecule has 2 amide bonds. The van der Waals surface area contributed by atoms with Crippen molar-refractivity contribution in [2.45, 2.75) is 37.6 Å². The minimum Gasteiger partial charge on any atom is -0.355 e. The van der Waals surface area contributed by atoms with Crippen LogP contribution in [0.2, 0.25) is 0 Å². The van der Waals surface area contributed by atoms with Crippen LogP contribution >= 0.6 is 0 Å². The van der Waals surface area contributed by atoms with Crippen LogP contribution in [0.4, 0.5) is 0 Å². The van der Waals surface area contributed by atoms with Crippen LogP contribution in [0.1, 0.15) is 53.1 Å². The quantitative estimate of drug-likeness (QED) is 0.793. The van der Waals surface area contributed by atoms with Gasteiger partial charge in [-0.15, -0.1) is 0 Å². The maximum Gasteiger partial charge on any atom is 0.251 e. The highest BCUT2D eigenvalue weighted by molar-refractivity contribution is 5.94. The van der Waals surface area contributed by atoms with E-state index in [0.29, 0.717) is 11.5 Å². The Morgan fingerprint density at radius 3 is 2.22 bits per heavy atom. The van der Waals surface area contributed by atoms with Gasteiger partial charge < -0.3 is 10.6 Å². The first-order valence-electron chi connectivity index (χ1n) is 9.51. The summed E-state index contributed by atoms with van der Waals surface area (Å²) in [4.78, 5) is 23.7. The van der Waals surface area contributed by atoms with Crippen molar-refractivity contribution in [2.24, 2.45) is 0 Å². The number of hydrogen-bond acceptors (Lipinski definition) is 2. The van der Waals surface area contributed by atoms with Gasteiger partial charge in [0, 0.05) is 24.7 Å². The van der Waals surface area contributed by atoms with E-state index in [1.54, 1.807) is 31.3 Å². The number of carbonyl (C=O) groups is 2. The van der Waals surface area contributed by atoms with Crippen molar-refractivity contribution < 1.29 is 9.59 Å². The Labute approximate surface area is 160 Å². The zero-order valence-electron chi connectivity index (χ0n) is 15.7. The lowest BCUT2D eigenvalue weighted by molar-refractivity contribution is -0.117. The smallest absolute Gasteiger partial charge is 0.251 e. The van der Waals surface area contributed by atoms with Crippen LogP contribution in [0.3, 0.4) is 0 Å². The minimum atomic E-state index is -0.116. The molecule has 2 aromatic rings. The van der Waals surface area contributed by atoms with Crippen LogP contribution in [0.15, 0.2) is 60.7 Å². The van der Waals surface area contributed by atoms with Crippen LogP contribution in [-0.2, 0) is 4.79 Å². The van der Waals surface area contributed by atoms with Gasteiger partial charge in [-0.25, -0.2) is 0 Å². The summed E-state index contributed by atoms with van der Waals surface area (Å²) in [6.07, 6.45) is 7.59. The number of amides is 2. The van der Waals surface area contributed by atoms with E-state index in [4.69, 9.17) is 0 Å². The largest absolute Gasteiger partial charge is 0.355 e. The van der Waals surface area contributed by atoms with Crippen LogP contribution in [0, 0.1) is 0 Å². The fourth-order valence-corrected chi connectivity index (χ4v) is 3.61. The number of benzene rings is 2. The topological polar surface area (TPSA) is 58.2 Å². The Balaban J connectivity index is 1.47. The van der Waals surface area contributed by atoms with Gasteiger partial charge in [0.05, 0.1) is 0 Å². The second-order valence-electron chi connectivity index (χ2n) is 7.00. The Kier molecular flexibility index (Phi) is 6.42. The summed E-state index contributed by atoms with van der Waals surface area (Å²) in [7, 11) is 1.60. The van der Waals surface area contributed by atoms with Gasteiger partial charge in [0.25, 0.3) is 5.91 Å². The zero-order chi connectivity index (χ0) is 19.1. The molecule has 4 nitrogen and oxygen atoms in total. The summed E-state index contributed by atoms with van der Waals surface area (Å²) in [6.45, 7) is 0. The van der Waals surface area contributed by atoms with Gasteiger partial charge in [-0.1, -0.05) is 42.5 Å². The van der Waals surface area contributed by atoms with Crippen LogP contribution < -0.4 is 10.6 Å². The lowest BCUT2D eigenvalue weighted by Gasteiger charge is -2.29. The van der Waals surface area contributed by atoms with Gasteiger partial charge in [0.1, 0.15) is 0 Å². The van der Waals surface area contributed by atoms with Crippen LogP contribution in [0.5, 0.6) is 0 Å². The van der Waals surface area contributed by atoms with E-state index >= 15 is 0 Å². The second kappa shape index (κ2) is 9.17. The highest BCUT2D eigenvalue weighted by atomic mass is 16.2. The summed E-state index contributed by atoms with van der Waals surface area (Å²) < 4.78 is 0. The zero-order valence-corrected chi connectivity index (χ0v) is 15.7. The molecule has 0 aromatic heterocycles. The molecule has 0 atom stereocenters. The molecule has 0 aliphatic heterocycles. The first-order valence-corrected chi connectivity index (χ1v) is 9.51. The molecule has 0 heterocycles. The van der Waals surface area contributed by atoms with Crippen molar-refractivity contribution in [2.75, 3.05) is 7.05 Å².